The fraction of sp³-hybridized carbons (Fsp3) is 0.250. The van der Waals surface area contributed by atoms with Gasteiger partial charge in [0.1, 0.15) is 11.3 Å². The lowest BCUT2D eigenvalue weighted by molar-refractivity contribution is -0.384. The number of hydrogen-bond donors (Lipinski definition) is 2. The van der Waals surface area contributed by atoms with E-state index in [1.54, 1.807) is 49.4 Å². The highest BCUT2D eigenvalue weighted by Crippen LogP contribution is 2.52. The minimum absolute atomic E-state index is 0.144. The van der Waals surface area contributed by atoms with Crippen molar-refractivity contribution in [2.24, 2.45) is 11.8 Å². The molecule has 2 saturated heterocycles. The number of aliphatic carboxylic acids is 1. The van der Waals surface area contributed by atoms with E-state index in [-0.39, 0.29) is 12.1 Å². The number of aryl methyl sites for hydroxylation is 1. The van der Waals surface area contributed by atoms with E-state index in [0.29, 0.717) is 32.6 Å². The Morgan fingerprint density at radius 3 is 2.44 bits per heavy atom. The number of methoxy groups -OCH3 is 1. The third-order valence-corrected chi connectivity index (χ3v) is 8.04. The maximum atomic E-state index is 14.1. The minimum atomic E-state index is -1.89. The second kappa shape index (κ2) is 9.90. The van der Waals surface area contributed by atoms with Crippen molar-refractivity contribution in [1.29, 1.82) is 0 Å². The summed E-state index contributed by atoms with van der Waals surface area (Å²) in [6.07, 6.45) is -0.186. The molecule has 2 aliphatic rings. The SMILES string of the molecule is COc1ccc(Br)cc1C1NC(Cc2ccc([N+](=O)[O-])cc2)(C(=O)O)C2C(=O)N(c3ccccc3C)C(=O)C12. The number of imide groups is 1. The molecule has 39 heavy (non-hydrogen) atoms. The van der Waals surface area contributed by atoms with Crippen molar-refractivity contribution in [3.8, 4) is 5.75 Å². The van der Waals surface area contributed by atoms with Crippen molar-refractivity contribution < 1.29 is 29.2 Å². The molecule has 2 amide bonds. The molecule has 3 aromatic carbocycles. The van der Waals surface area contributed by atoms with Crippen LogP contribution in [0.2, 0.25) is 0 Å². The highest BCUT2D eigenvalue weighted by molar-refractivity contribution is 9.10. The second-order valence-electron chi connectivity index (χ2n) is 9.69. The van der Waals surface area contributed by atoms with Crippen molar-refractivity contribution in [3.63, 3.8) is 0 Å². The molecule has 0 radical (unpaired) electrons. The van der Waals surface area contributed by atoms with Crippen LogP contribution in [0.3, 0.4) is 0 Å². The Morgan fingerprint density at radius 2 is 1.82 bits per heavy atom. The topological polar surface area (TPSA) is 139 Å². The van der Waals surface area contributed by atoms with Gasteiger partial charge in [-0.05, 0) is 42.3 Å². The van der Waals surface area contributed by atoms with Crippen molar-refractivity contribution in [3.05, 3.63) is 98.0 Å². The zero-order valence-corrected chi connectivity index (χ0v) is 22.5. The standard InChI is InChI=1S/C28H24BrN3O7/c1-15-5-3-4-6-20(15)31-25(33)22-23(26(31)34)28(27(35)36,14-16-7-10-18(11-8-16)32(37)38)30-24(22)19-13-17(29)9-12-21(19)39-2/h3-13,22-24,30H,14H2,1-2H3,(H,35,36). The van der Waals surface area contributed by atoms with E-state index in [9.17, 15) is 29.6 Å². The summed E-state index contributed by atoms with van der Waals surface area (Å²) in [5.41, 5.74) is 0.0573. The minimum Gasteiger partial charge on any atom is -0.496 e. The van der Waals surface area contributed by atoms with Crippen molar-refractivity contribution in [1.82, 2.24) is 5.32 Å². The summed E-state index contributed by atoms with van der Waals surface area (Å²) in [4.78, 5) is 52.9. The number of carbonyl (C=O) groups excluding carboxylic acids is 2. The fourth-order valence-electron chi connectivity index (χ4n) is 5.76. The number of ether oxygens (including phenoxy) is 1. The Balaban J connectivity index is 1.68. The summed E-state index contributed by atoms with van der Waals surface area (Å²) in [6.45, 7) is 1.78. The largest absolute Gasteiger partial charge is 0.496 e. The summed E-state index contributed by atoms with van der Waals surface area (Å²) in [6, 6.07) is 16.8. The van der Waals surface area contributed by atoms with Gasteiger partial charge in [-0.2, -0.15) is 0 Å². The molecule has 2 fully saturated rings. The van der Waals surface area contributed by atoms with Gasteiger partial charge in [-0.15, -0.1) is 0 Å². The lowest BCUT2D eigenvalue weighted by Crippen LogP contribution is -2.57. The Kier molecular flexibility index (Phi) is 6.73. The number of halogens is 1. The van der Waals surface area contributed by atoms with Crippen molar-refractivity contribution in [2.75, 3.05) is 12.0 Å². The summed E-state index contributed by atoms with van der Waals surface area (Å²) in [7, 11) is 1.47. The molecule has 5 rings (SSSR count). The first-order valence-corrected chi connectivity index (χ1v) is 12.9. The summed E-state index contributed by atoms with van der Waals surface area (Å²) in [5, 5.41) is 25.0. The number of carbonyl (C=O) groups is 3. The molecule has 0 aliphatic carbocycles. The van der Waals surface area contributed by atoms with Crippen LogP contribution in [0, 0.1) is 28.9 Å². The van der Waals surface area contributed by atoms with Gasteiger partial charge in [0, 0.05) is 34.6 Å². The maximum absolute atomic E-state index is 14.1. The van der Waals surface area contributed by atoms with E-state index in [1.165, 1.54) is 31.4 Å². The van der Waals surface area contributed by atoms with Gasteiger partial charge in [0.05, 0.1) is 29.6 Å². The molecule has 200 valence electrons. The molecule has 0 saturated carbocycles. The zero-order valence-electron chi connectivity index (χ0n) is 21.0. The van der Waals surface area contributed by atoms with E-state index < -0.39 is 46.1 Å². The third-order valence-electron chi connectivity index (χ3n) is 7.55. The first-order valence-electron chi connectivity index (χ1n) is 12.1. The van der Waals surface area contributed by atoms with Gasteiger partial charge in [0.15, 0.2) is 0 Å². The molecule has 11 heteroatoms. The highest BCUT2D eigenvalue weighted by atomic mass is 79.9. The van der Waals surface area contributed by atoms with Gasteiger partial charge in [0.2, 0.25) is 11.8 Å². The molecule has 3 aromatic rings. The average Bonchev–Trinajstić information content (AvgIpc) is 3.38. The van der Waals surface area contributed by atoms with E-state index in [4.69, 9.17) is 4.74 Å². The normalized spacial score (nSPS) is 24.1. The molecule has 4 atom stereocenters. The van der Waals surface area contributed by atoms with Crippen LogP contribution in [0.15, 0.2) is 71.2 Å². The zero-order chi connectivity index (χ0) is 28.1. The molecule has 0 aromatic heterocycles. The average molecular weight is 594 g/mol. The number of fused-ring (bicyclic) bond motifs is 1. The van der Waals surface area contributed by atoms with Gasteiger partial charge < -0.3 is 9.84 Å². The van der Waals surface area contributed by atoms with E-state index in [0.717, 1.165) is 4.90 Å². The Morgan fingerprint density at radius 1 is 1.13 bits per heavy atom. The number of anilines is 1. The van der Waals surface area contributed by atoms with Crippen LogP contribution in [0.1, 0.15) is 22.7 Å². The first-order chi connectivity index (χ1) is 18.6. The quantitative estimate of drug-likeness (QED) is 0.236. The lowest BCUT2D eigenvalue weighted by atomic mass is 9.76. The fourth-order valence-corrected chi connectivity index (χ4v) is 6.14. The van der Waals surface area contributed by atoms with Gasteiger partial charge >= 0.3 is 5.97 Å². The van der Waals surface area contributed by atoms with E-state index in [1.807, 2.05) is 0 Å². The molecule has 2 heterocycles. The van der Waals surface area contributed by atoms with E-state index in [2.05, 4.69) is 21.2 Å². The number of para-hydroxylation sites is 1. The van der Waals surface area contributed by atoms with Crippen molar-refractivity contribution in [2.45, 2.75) is 24.9 Å². The van der Waals surface area contributed by atoms with Gasteiger partial charge in [-0.3, -0.25) is 29.8 Å². The molecule has 2 aliphatic heterocycles. The van der Waals surface area contributed by atoms with Crippen LogP contribution in [0.4, 0.5) is 11.4 Å². The number of nitrogens with one attached hydrogen (secondary N) is 1. The van der Waals surface area contributed by atoms with Crippen LogP contribution in [0.25, 0.3) is 0 Å². The van der Waals surface area contributed by atoms with Crippen LogP contribution in [0.5, 0.6) is 5.75 Å². The van der Waals surface area contributed by atoms with Gasteiger partial charge in [0.25, 0.3) is 5.69 Å². The predicted molar refractivity (Wildman–Crippen MR) is 144 cm³/mol. The number of non-ortho nitro benzene ring substituents is 1. The van der Waals surface area contributed by atoms with Crippen LogP contribution in [-0.4, -0.2) is 40.5 Å². The first kappa shape index (κ1) is 26.5. The van der Waals surface area contributed by atoms with E-state index >= 15 is 0 Å². The summed E-state index contributed by atoms with van der Waals surface area (Å²) >= 11 is 3.44. The van der Waals surface area contributed by atoms with Crippen molar-refractivity contribution >= 4 is 45.1 Å². The summed E-state index contributed by atoms with van der Waals surface area (Å²) < 4.78 is 6.24. The monoisotopic (exact) mass is 593 g/mol. The lowest BCUT2D eigenvalue weighted by Gasteiger charge is -2.31. The van der Waals surface area contributed by atoms with Crippen LogP contribution in [-0.2, 0) is 20.8 Å². The number of carboxylic acid groups (broad SMARTS) is 1. The highest BCUT2D eigenvalue weighted by Gasteiger charge is 2.69. The number of carboxylic acids is 1. The molecule has 0 bridgehead atoms. The molecule has 4 unspecified atom stereocenters. The van der Waals surface area contributed by atoms with Gasteiger partial charge in [-0.1, -0.05) is 46.3 Å². The van der Waals surface area contributed by atoms with Crippen LogP contribution >= 0.6 is 15.9 Å². The number of rotatable bonds is 7. The number of nitro groups is 1. The second-order valence-corrected chi connectivity index (χ2v) is 10.6. The number of nitro benzene ring substituents is 1. The number of benzene rings is 3. The smallest absolute Gasteiger partial charge is 0.325 e. The Hall–Kier alpha value is -4.09. The molecular formula is C28H24BrN3O7. The van der Waals surface area contributed by atoms with Crippen LogP contribution < -0.4 is 15.0 Å². The Labute approximate surface area is 231 Å². The maximum Gasteiger partial charge on any atom is 0.325 e. The molecule has 10 nitrogen and oxygen atoms in total. The Bertz CT molecular complexity index is 1510. The van der Waals surface area contributed by atoms with Gasteiger partial charge in [-0.25, -0.2) is 4.90 Å². The summed E-state index contributed by atoms with van der Waals surface area (Å²) in [5.74, 6) is -4.31. The predicted octanol–water partition coefficient (Wildman–Crippen LogP) is 4.19. The molecule has 2 N–H and O–H groups in total. The number of amides is 2. The number of hydrogen-bond acceptors (Lipinski definition) is 7. The molecular weight excluding hydrogens is 570 g/mol. The third kappa shape index (κ3) is 4.27. The number of nitrogens with zero attached hydrogens (tertiary/aromatic N) is 2. The molecule has 0 spiro atoms.